The summed E-state index contributed by atoms with van der Waals surface area (Å²) >= 11 is 0. The number of nitrogens with zero attached hydrogens (tertiary/aromatic N) is 3. The molecule has 1 aromatic carbocycles. The molecule has 1 heterocycles. The van der Waals surface area contributed by atoms with Crippen LogP contribution < -0.4 is 0 Å². The van der Waals surface area contributed by atoms with Gasteiger partial charge in [0, 0.05) is 31.4 Å². The van der Waals surface area contributed by atoms with Crippen LogP contribution >= 0.6 is 0 Å². The maximum atomic E-state index is 12.8. The molecule has 0 aliphatic carbocycles. The number of hydrogen-bond donors (Lipinski definition) is 0. The van der Waals surface area contributed by atoms with Gasteiger partial charge in [0.15, 0.2) is 0 Å². The molecule has 0 bridgehead atoms. The van der Waals surface area contributed by atoms with Crippen molar-refractivity contribution >= 4 is 10.0 Å². The average Bonchev–Trinajstić information content (AvgIpc) is 2.79. The van der Waals surface area contributed by atoms with Crippen molar-refractivity contribution in [2.24, 2.45) is 0 Å². The summed E-state index contributed by atoms with van der Waals surface area (Å²) in [5.74, 6) is 0. The summed E-state index contributed by atoms with van der Waals surface area (Å²) in [6.07, 6.45) is 1.74. The third kappa shape index (κ3) is 3.08. The van der Waals surface area contributed by atoms with Gasteiger partial charge in [0.2, 0.25) is 10.0 Å². The van der Waals surface area contributed by atoms with Gasteiger partial charge in [0.25, 0.3) is 0 Å². The van der Waals surface area contributed by atoms with Crippen molar-refractivity contribution in [3.05, 3.63) is 46.8 Å². The molecule has 22 heavy (non-hydrogen) atoms. The first-order chi connectivity index (χ1) is 10.3. The van der Waals surface area contributed by atoms with E-state index in [1.54, 1.807) is 19.3 Å². The molecule has 0 atom stereocenters. The minimum atomic E-state index is -3.50. The van der Waals surface area contributed by atoms with Gasteiger partial charge >= 0.3 is 0 Å². The highest BCUT2D eigenvalue weighted by molar-refractivity contribution is 7.89. The highest BCUT2D eigenvalue weighted by atomic mass is 32.2. The molecule has 0 aliphatic heterocycles. The van der Waals surface area contributed by atoms with Crippen LogP contribution in [0.2, 0.25) is 0 Å². The Balaban J connectivity index is 2.31. The van der Waals surface area contributed by atoms with Gasteiger partial charge in [-0.15, -0.1) is 0 Å². The minimum absolute atomic E-state index is 0.321. The number of hydrogen-bond acceptors (Lipinski definition) is 3. The van der Waals surface area contributed by atoms with Crippen LogP contribution in [-0.2, 0) is 23.1 Å². The molecule has 0 unspecified atom stereocenters. The van der Waals surface area contributed by atoms with Crippen LogP contribution in [0.3, 0.4) is 0 Å². The van der Waals surface area contributed by atoms with Crippen LogP contribution in [0.15, 0.2) is 29.3 Å². The van der Waals surface area contributed by atoms with E-state index in [2.05, 4.69) is 5.10 Å². The summed E-state index contributed by atoms with van der Waals surface area (Å²) in [6, 6.07) is 5.40. The van der Waals surface area contributed by atoms with E-state index in [1.807, 2.05) is 44.5 Å². The zero-order valence-corrected chi connectivity index (χ0v) is 14.6. The molecule has 0 saturated heterocycles. The molecule has 2 rings (SSSR count). The monoisotopic (exact) mass is 321 g/mol. The summed E-state index contributed by atoms with van der Waals surface area (Å²) in [7, 11) is -1.89. The fourth-order valence-corrected chi connectivity index (χ4v) is 3.89. The predicted octanol–water partition coefficient (Wildman–Crippen LogP) is 2.65. The quantitative estimate of drug-likeness (QED) is 0.851. The Morgan fingerprint density at radius 2 is 1.91 bits per heavy atom. The van der Waals surface area contributed by atoms with E-state index in [4.69, 9.17) is 0 Å². The maximum Gasteiger partial charge on any atom is 0.243 e. The highest BCUT2D eigenvalue weighted by Crippen LogP contribution is 2.22. The van der Waals surface area contributed by atoms with Crippen molar-refractivity contribution in [2.45, 2.75) is 45.7 Å². The SMILES string of the molecule is CCn1ncc(CN(C)S(=O)(=O)c2ccc(C)cc2C)c1C. The van der Waals surface area contributed by atoms with Gasteiger partial charge in [-0.3, -0.25) is 4.68 Å². The second-order valence-electron chi connectivity index (χ2n) is 5.60. The Morgan fingerprint density at radius 1 is 1.23 bits per heavy atom. The van der Waals surface area contributed by atoms with Crippen molar-refractivity contribution in [3.8, 4) is 0 Å². The van der Waals surface area contributed by atoms with E-state index >= 15 is 0 Å². The Hall–Kier alpha value is -1.66. The van der Waals surface area contributed by atoms with Gasteiger partial charge in [-0.2, -0.15) is 9.40 Å². The van der Waals surface area contributed by atoms with Crippen molar-refractivity contribution in [1.82, 2.24) is 14.1 Å². The molecular weight excluding hydrogens is 298 g/mol. The summed E-state index contributed by atoms with van der Waals surface area (Å²) < 4.78 is 28.8. The molecule has 0 saturated carbocycles. The van der Waals surface area contributed by atoms with Crippen molar-refractivity contribution < 1.29 is 8.42 Å². The number of benzene rings is 1. The minimum Gasteiger partial charge on any atom is -0.270 e. The first kappa shape index (κ1) is 16.7. The van der Waals surface area contributed by atoms with E-state index < -0.39 is 10.0 Å². The standard InChI is InChI=1S/C16H23N3O2S/c1-6-19-14(4)15(10-17-19)11-18(5)22(20,21)16-8-7-12(2)9-13(16)3/h7-10H,6,11H2,1-5H3. The molecule has 0 amide bonds. The predicted molar refractivity (Wildman–Crippen MR) is 87.2 cm³/mol. The van der Waals surface area contributed by atoms with Crippen molar-refractivity contribution in [3.63, 3.8) is 0 Å². The summed E-state index contributed by atoms with van der Waals surface area (Å²) in [4.78, 5) is 0.362. The van der Waals surface area contributed by atoms with Crippen molar-refractivity contribution in [2.75, 3.05) is 7.05 Å². The zero-order chi connectivity index (χ0) is 16.5. The molecule has 0 aliphatic rings. The van der Waals surface area contributed by atoms with Crippen LogP contribution in [0.1, 0.15) is 29.3 Å². The van der Waals surface area contributed by atoms with E-state index in [-0.39, 0.29) is 0 Å². The van der Waals surface area contributed by atoms with Gasteiger partial charge in [-0.25, -0.2) is 8.42 Å². The molecule has 0 N–H and O–H groups in total. The summed E-state index contributed by atoms with van der Waals surface area (Å²) in [6.45, 7) is 8.86. The van der Waals surface area contributed by atoms with Gasteiger partial charge in [-0.1, -0.05) is 17.7 Å². The average molecular weight is 321 g/mol. The molecule has 6 heteroatoms. The lowest BCUT2D eigenvalue weighted by molar-refractivity contribution is 0.465. The fourth-order valence-electron chi connectivity index (χ4n) is 2.54. The Kier molecular flexibility index (Phi) is 4.72. The molecule has 1 aromatic heterocycles. The lowest BCUT2D eigenvalue weighted by Crippen LogP contribution is -2.27. The van der Waals surface area contributed by atoms with Crippen LogP contribution in [0.5, 0.6) is 0 Å². The molecule has 0 radical (unpaired) electrons. The highest BCUT2D eigenvalue weighted by Gasteiger charge is 2.23. The third-order valence-corrected chi connectivity index (χ3v) is 5.88. The Morgan fingerprint density at radius 3 is 2.45 bits per heavy atom. The van der Waals surface area contributed by atoms with E-state index in [9.17, 15) is 8.42 Å². The smallest absolute Gasteiger partial charge is 0.243 e. The molecular formula is C16H23N3O2S. The van der Waals surface area contributed by atoms with Crippen LogP contribution in [0, 0.1) is 20.8 Å². The Bertz CT molecular complexity index is 779. The Labute approximate surface area is 132 Å². The first-order valence-corrected chi connectivity index (χ1v) is 8.76. The number of rotatable bonds is 5. The molecule has 2 aromatic rings. The lowest BCUT2D eigenvalue weighted by atomic mass is 10.2. The van der Waals surface area contributed by atoms with Gasteiger partial charge in [0.1, 0.15) is 0 Å². The topological polar surface area (TPSA) is 55.2 Å². The number of aromatic nitrogens is 2. The summed E-state index contributed by atoms with van der Waals surface area (Å²) in [5, 5.41) is 4.27. The normalized spacial score (nSPS) is 12.1. The number of aryl methyl sites for hydroxylation is 3. The van der Waals surface area contributed by atoms with Crippen LogP contribution in [0.4, 0.5) is 0 Å². The fraction of sp³-hybridized carbons (Fsp3) is 0.438. The molecule has 0 fully saturated rings. The van der Waals surface area contributed by atoms with E-state index in [0.29, 0.717) is 11.4 Å². The van der Waals surface area contributed by atoms with Gasteiger partial charge in [-0.05, 0) is 39.3 Å². The largest absolute Gasteiger partial charge is 0.270 e. The molecule has 120 valence electrons. The first-order valence-electron chi connectivity index (χ1n) is 7.32. The maximum absolute atomic E-state index is 12.8. The zero-order valence-electron chi connectivity index (χ0n) is 13.8. The van der Waals surface area contributed by atoms with Crippen LogP contribution in [-0.4, -0.2) is 29.6 Å². The summed E-state index contributed by atoms with van der Waals surface area (Å²) in [5.41, 5.74) is 3.76. The third-order valence-electron chi connectivity index (χ3n) is 3.92. The number of sulfonamides is 1. The van der Waals surface area contributed by atoms with Gasteiger partial charge < -0.3 is 0 Å². The second kappa shape index (κ2) is 6.22. The van der Waals surface area contributed by atoms with Gasteiger partial charge in [0.05, 0.1) is 11.1 Å². The molecule has 0 spiro atoms. The van der Waals surface area contributed by atoms with Crippen molar-refractivity contribution in [1.29, 1.82) is 0 Å². The second-order valence-corrected chi connectivity index (χ2v) is 7.61. The molecule has 5 nitrogen and oxygen atoms in total. The van der Waals surface area contributed by atoms with E-state index in [0.717, 1.165) is 28.9 Å². The van der Waals surface area contributed by atoms with Crippen LogP contribution in [0.25, 0.3) is 0 Å². The van der Waals surface area contributed by atoms with E-state index in [1.165, 1.54) is 4.31 Å². The lowest BCUT2D eigenvalue weighted by Gasteiger charge is -2.18.